The van der Waals surface area contributed by atoms with Crippen LogP contribution in [0.2, 0.25) is 5.02 Å². The third-order valence-corrected chi connectivity index (χ3v) is 7.21. The SMILES string of the molecule is CC.CSNc1cc(Cl)ccc1CN1CCN(C(=O)C2CCN(Cc3ccnc(N)c3)CC2)CC1. The summed E-state index contributed by atoms with van der Waals surface area (Å²) in [6.07, 6.45) is 5.62. The van der Waals surface area contributed by atoms with Crippen LogP contribution >= 0.6 is 23.5 Å². The highest BCUT2D eigenvalue weighted by Crippen LogP contribution is 2.26. The smallest absolute Gasteiger partial charge is 0.225 e. The van der Waals surface area contributed by atoms with Crippen LogP contribution in [0.25, 0.3) is 0 Å². The van der Waals surface area contributed by atoms with Crippen LogP contribution in [0.15, 0.2) is 36.5 Å². The molecule has 0 spiro atoms. The van der Waals surface area contributed by atoms with Crippen LogP contribution in [0.3, 0.4) is 0 Å². The van der Waals surface area contributed by atoms with Gasteiger partial charge in [0.15, 0.2) is 0 Å². The van der Waals surface area contributed by atoms with Gasteiger partial charge in [-0.25, -0.2) is 4.98 Å². The first-order valence-corrected chi connectivity index (χ1v) is 14.1. The summed E-state index contributed by atoms with van der Waals surface area (Å²) in [5.74, 6) is 1.03. The molecule has 2 aliphatic heterocycles. The van der Waals surface area contributed by atoms with Gasteiger partial charge in [0.1, 0.15) is 5.82 Å². The van der Waals surface area contributed by atoms with Crippen LogP contribution in [-0.4, -0.2) is 71.1 Å². The molecule has 2 saturated heterocycles. The van der Waals surface area contributed by atoms with Gasteiger partial charge in [0.05, 0.1) is 0 Å². The van der Waals surface area contributed by atoms with Gasteiger partial charge in [0, 0.05) is 68.3 Å². The normalized spacial score (nSPS) is 17.5. The molecule has 35 heavy (non-hydrogen) atoms. The molecule has 1 aromatic heterocycles. The lowest BCUT2D eigenvalue weighted by Gasteiger charge is -2.38. The van der Waals surface area contributed by atoms with Crippen molar-refractivity contribution in [3.8, 4) is 0 Å². The predicted octanol–water partition coefficient (Wildman–Crippen LogP) is 4.59. The van der Waals surface area contributed by atoms with E-state index in [-0.39, 0.29) is 5.92 Å². The zero-order valence-electron chi connectivity index (χ0n) is 21.2. The Balaban J connectivity index is 0.00000167. The Kier molecular flexibility index (Phi) is 11.0. The number of benzene rings is 1. The highest BCUT2D eigenvalue weighted by atomic mass is 35.5. The maximum atomic E-state index is 13.1. The van der Waals surface area contributed by atoms with Crippen LogP contribution in [0.5, 0.6) is 0 Å². The van der Waals surface area contributed by atoms with Crippen LogP contribution in [0.1, 0.15) is 37.8 Å². The number of carbonyl (C=O) groups is 1. The minimum absolute atomic E-state index is 0.143. The van der Waals surface area contributed by atoms with E-state index in [9.17, 15) is 4.79 Å². The summed E-state index contributed by atoms with van der Waals surface area (Å²) in [6.45, 7) is 11.0. The predicted molar refractivity (Wildman–Crippen MR) is 148 cm³/mol. The number of carbonyl (C=O) groups excluding carboxylic acids is 1. The topological polar surface area (TPSA) is 77.7 Å². The second-order valence-electron chi connectivity index (χ2n) is 8.85. The average molecular weight is 519 g/mol. The van der Waals surface area contributed by atoms with Gasteiger partial charge in [-0.05, 0) is 61.3 Å². The summed E-state index contributed by atoms with van der Waals surface area (Å²) < 4.78 is 3.33. The minimum Gasteiger partial charge on any atom is -0.384 e. The van der Waals surface area contributed by atoms with Crippen molar-refractivity contribution in [3.05, 3.63) is 52.7 Å². The highest BCUT2D eigenvalue weighted by molar-refractivity contribution is 7.99. The van der Waals surface area contributed by atoms with Gasteiger partial charge in [-0.15, -0.1) is 0 Å². The molecule has 2 fully saturated rings. The number of nitrogens with one attached hydrogen (secondary N) is 1. The Bertz CT molecular complexity index is 945. The lowest BCUT2D eigenvalue weighted by molar-refractivity contribution is -0.139. The Morgan fingerprint density at radius 3 is 2.40 bits per heavy atom. The summed E-state index contributed by atoms with van der Waals surface area (Å²) in [5, 5.41) is 0.738. The molecule has 3 N–H and O–H groups in total. The number of hydrogen-bond donors (Lipinski definition) is 2. The largest absolute Gasteiger partial charge is 0.384 e. The van der Waals surface area contributed by atoms with E-state index in [0.717, 1.165) is 75.9 Å². The monoisotopic (exact) mass is 518 g/mol. The molecule has 192 valence electrons. The Hall–Kier alpha value is -2.00. The highest BCUT2D eigenvalue weighted by Gasteiger charge is 2.30. The van der Waals surface area contributed by atoms with Crippen LogP contribution in [-0.2, 0) is 17.9 Å². The number of amides is 1. The second kappa shape index (κ2) is 13.9. The molecule has 0 bridgehead atoms. The third kappa shape index (κ3) is 8.00. The summed E-state index contributed by atoms with van der Waals surface area (Å²) in [7, 11) is 0. The molecule has 0 unspecified atom stereocenters. The first-order valence-electron chi connectivity index (χ1n) is 12.5. The molecule has 2 aromatic rings. The van der Waals surface area contributed by atoms with Crippen molar-refractivity contribution in [1.82, 2.24) is 19.7 Å². The molecule has 1 amide bonds. The summed E-state index contributed by atoms with van der Waals surface area (Å²) in [4.78, 5) is 24.1. The number of nitrogen functional groups attached to an aromatic ring is 1. The second-order valence-corrected chi connectivity index (χ2v) is 9.90. The van der Waals surface area contributed by atoms with E-state index in [0.29, 0.717) is 11.7 Å². The molecule has 3 heterocycles. The molecular formula is C26H39ClN6OS. The molecule has 0 aliphatic carbocycles. The first kappa shape index (κ1) is 27.6. The average Bonchev–Trinajstić information content (AvgIpc) is 2.88. The number of piperidine rings is 1. The number of hydrogen-bond acceptors (Lipinski definition) is 7. The minimum atomic E-state index is 0.143. The number of likely N-dealkylation sites (tertiary alicyclic amines) is 1. The summed E-state index contributed by atoms with van der Waals surface area (Å²) in [6, 6.07) is 9.95. The number of aromatic nitrogens is 1. The Morgan fingerprint density at radius 1 is 1.06 bits per heavy atom. The number of piperazine rings is 1. The van der Waals surface area contributed by atoms with E-state index in [4.69, 9.17) is 17.3 Å². The first-order chi connectivity index (χ1) is 17.0. The van der Waals surface area contributed by atoms with Crippen LogP contribution < -0.4 is 10.5 Å². The fraction of sp³-hybridized carbons (Fsp3) is 0.538. The quantitative estimate of drug-likeness (QED) is 0.519. The van der Waals surface area contributed by atoms with Gasteiger partial charge in [-0.3, -0.25) is 14.6 Å². The molecule has 1 aromatic carbocycles. The molecular weight excluding hydrogens is 480 g/mol. The summed E-state index contributed by atoms with van der Waals surface area (Å²) in [5.41, 5.74) is 9.27. The molecule has 0 saturated carbocycles. The fourth-order valence-electron chi connectivity index (χ4n) is 4.71. The fourth-order valence-corrected chi connectivity index (χ4v) is 5.29. The lowest BCUT2D eigenvalue weighted by Crippen LogP contribution is -2.51. The zero-order chi connectivity index (χ0) is 25.2. The van der Waals surface area contributed by atoms with E-state index in [1.54, 1.807) is 18.1 Å². The van der Waals surface area contributed by atoms with Crippen molar-refractivity contribution >= 4 is 41.0 Å². The van der Waals surface area contributed by atoms with E-state index in [2.05, 4.69) is 30.5 Å². The maximum absolute atomic E-state index is 13.1. The van der Waals surface area contributed by atoms with Gasteiger partial charge in [0.2, 0.25) is 5.91 Å². The molecule has 0 radical (unpaired) electrons. The number of anilines is 2. The maximum Gasteiger partial charge on any atom is 0.225 e. The van der Waals surface area contributed by atoms with Crippen LogP contribution in [0, 0.1) is 5.92 Å². The van der Waals surface area contributed by atoms with Gasteiger partial charge >= 0.3 is 0 Å². The van der Waals surface area contributed by atoms with Crippen molar-refractivity contribution in [1.29, 1.82) is 0 Å². The van der Waals surface area contributed by atoms with E-state index >= 15 is 0 Å². The van der Waals surface area contributed by atoms with E-state index in [1.165, 1.54) is 11.1 Å². The van der Waals surface area contributed by atoms with Crippen molar-refractivity contribution in [2.24, 2.45) is 5.92 Å². The lowest BCUT2D eigenvalue weighted by atomic mass is 9.94. The standard InChI is InChI=1S/C24H33ClN6OS.C2H6/c1-33-28-22-15-21(25)3-2-20(22)17-30-10-12-31(13-11-30)24(32)19-5-8-29(9-6-19)16-18-4-7-27-23(26)14-18;1-2/h2-4,7,14-15,19,28H,5-6,8-13,16-17H2,1H3,(H2,26,27);1-2H3. The van der Waals surface area contributed by atoms with Gasteiger partial charge < -0.3 is 15.4 Å². The molecule has 9 heteroatoms. The molecule has 2 aliphatic rings. The number of halogens is 1. The van der Waals surface area contributed by atoms with Crippen molar-refractivity contribution in [2.45, 2.75) is 39.8 Å². The van der Waals surface area contributed by atoms with Crippen LogP contribution in [0.4, 0.5) is 11.5 Å². The van der Waals surface area contributed by atoms with Gasteiger partial charge in [-0.2, -0.15) is 0 Å². The van der Waals surface area contributed by atoms with Crippen molar-refractivity contribution in [2.75, 3.05) is 56.0 Å². The summed E-state index contributed by atoms with van der Waals surface area (Å²) >= 11 is 7.73. The molecule has 4 rings (SSSR count). The van der Waals surface area contributed by atoms with Crippen molar-refractivity contribution in [3.63, 3.8) is 0 Å². The zero-order valence-corrected chi connectivity index (χ0v) is 22.7. The van der Waals surface area contributed by atoms with Gasteiger partial charge in [0.25, 0.3) is 0 Å². The molecule has 0 atom stereocenters. The number of pyridine rings is 1. The van der Waals surface area contributed by atoms with E-state index < -0.39 is 0 Å². The number of nitrogens with zero attached hydrogens (tertiary/aromatic N) is 4. The number of nitrogens with two attached hydrogens (primary N) is 1. The van der Waals surface area contributed by atoms with E-state index in [1.807, 2.05) is 44.4 Å². The van der Waals surface area contributed by atoms with Gasteiger partial charge in [-0.1, -0.05) is 43.5 Å². The van der Waals surface area contributed by atoms with Crippen molar-refractivity contribution < 1.29 is 4.79 Å². The number of rotatable bonds is 7. The Labute approximate surface area is 219 Å². The Morgan fingerprint density at radius 2 is 1.74 bits per heavy atom. The third-order valence-electron chi connectivity index (χ3n) is 6.55. The molecule has 7 nitrogen and oxygen atoms in total.